The highest BCUT2D eigenvalue weighted by molar-refractivity contribution is 5.77. The van der Waals surface area contributed by atoms with Gasteiger partial charge < -0.3 is 14.8 Å². The molecule has 0 saturated carbocycles. The molecule has 0 radical (unpaired) electrons. The number of hydrogen-bond donors (Lipinski definition) is 1. The van der Waals surface area contributed by atoms with E-state index < -0.39 is 0 Å². The highest BCUT2D eigenvalue weighted by Gasteiger charge is 2.24. The third-order valence-corrected chi connectivity index (χ3v) is 6.18. The van der Waals surface area contributed by atoms with Crippen LogP contribution in [-0.2, 0) is 6.54 Å². The Hall–Kier alpha value is -3.58. The Kier molecular flexibility index (Phi) is 6.13. The van der Waals surface area contributed by atoms with Crippen molar-refractivity contribution in [1.82, 2.24) is 24.4 Å². The Morgan fingerprint density at radius 3 is 2.48 bits per heavy atom. The molecule has 5 rings (SSSR count). The fraction of sp³-hybridized carbons (Fsp3) is 0.269. The summed E-state index contributed by atoms with van der Waals surface area (Å²) in [6.07, 6.45) is 5.78. The van der Waals surface area contributed by atoms with Gasteiger partial charge in [-0.2, -0.15) is 0 Å². The maximum Gasteiger partial charge on any atom is 0.223 e. The summed E-state index contributed by atoms with van der Waals surface area (Å²) < 4.78 is 15.8. The fourth-order valence-corrected chi connectivity index (χ4v) is 4.34. The van der Waals surface area contributed by atoms with Crippen LogP contribution in [0.25, 0.3) is 22.6 Å². The lowest BCUT2D eigenvalue weighted by atomic mass is 10.0. The Bertz CT molecular complexity index is 1200. The number of imidazole rings is 1. The average Bonchev–Trinajstić information content (AvgIpc) is 3.30. The molecule has 33 heavy (non-hydrogen) atoms. The van der Waals surface area contributed by atoms with Crippen molar-refractivity contribution in [3.05, 3.63) is 84.6 Å². The van der Waals surface area contributed by atoms with Gasteiger partial charge in [-0.15, -0.1) is 0 Å². The van der Waals surface area contributed by atoms with Gasteiger partial charge in [0.15, 0.2) is 0 Å². The predicted molar refractivity (Wildman–Crippen MR) is 128 cm³/mol. The highest BCUT2D eigenvalue weighted by Crippen LogP contribution is 2.35. The van der Waals surface area contributed by atoms with Crippen molar-refractivity contribution in [2.45, 2.75) is 25.4 Å². The molecule has 1 fully saturated rings. The SMILES string of the molecule is CN1CCC(n2cnc(-c3ccc(F)cc3)c2-c2ccnc(NCc3ccccc3)n2)CC1. The van der Waals surface area contributed by atoms with Crippen molar-refractivity contribution in [2.24, 2.45) is 0 Å². The van der Waals surface area contributed by atoms with Crippen LogP contribution < -0.4 is 5.32 Å². The summed E-state index contributed by atoms with van der Waals surface area (Å²) in [7, 11) is 2.16. The van der Waals surface area contributed by atoms with E-state index in [1.54, 1.807) is 18.3 Å². The molecule has 4 aromatic rings. The predicted octanol–water partition coefficient (Wildman–Crippen LogP) is 5.03. The van der Waals surface area contributed by atoms with Gasteiger partial charge in [-0.1, -0.05) is 30.3 Å². The lowest BCUT2D eigenvalue weighted by molar-refractivity contribution is 0.222. The van der Waals surface area contributed by atoms with Crippen molar-refractivity contribution in [1.29, 1.82) is 0 Å². The van der Waals surface area contributed by atoms with E-state index in [0.29, 0.717) is 18.5 Å². The van der Waals surface area contributed by atoms with Gasteiger partial charge in [0.05, 0.1) is 23.4 Å². The first kappa shape index (κ1) is 21.3. The summed E-state index contributed by atoms with van der Waals surface area (Å²) in [5, 5.41) is 3.33. The molecule has 0 unspecified atom stereocenters. The molecule has 0 aliphatic carbocycles. The number of halogens is 1. The molecule has 0 spiro atoms. The van der Waals surface area contributed by atoms with E-state index in [9.17, 15) is 4.39 Å². The first-order valence-electron chi connectivity index (χ1n) is 11.3. The molecule has 6 nitrogen and oxygen atoms in total. The summed E-state index contributed by atoms with van der Waals surface area (Å²) in [5.74, 6) is 0.307. The summed E-state index contributed by atoms with van der Waals surface area (Å²) in [5.41, 5.74) is 4.59. The quantitative estimate of drug-likeness (QED) is 0.454. The molecule has 0 bridgehead atoms. The standard InChI is InChI=1S/C26H27FN6/c1-32-15-12-22(13-16-32)33-18-30-24(20-7-9-21(27)10-8-20)25(33)23-11-14-28-26(31-23)29-17-19-5-3-2-4-6-19/h2-11,14,18,22H,12-13,15-17H2,1H3,(H,28,29,31). The maximum absolute atomic E-state index is 13.6. The third kappa shape index (κ3) is 4.78. The average molecular weight is 443 g/mol. The summed E-state index contributed by atoms with van der Waals surface area (Å²) in [4.78, 5) is 16.4. The largest absolute Gasteiger partial charge is 0.350 e. The molecule has 1 aliphatic rings. The van der Waals surface area contributed by atoms with Crippen LogP contribution in [-0.4, -0.2) is 44.6 Å². The van der Waals surface area contributed by atoms with E-state index in [1.165, 1.54) is 12.1 Å². The van der Waals surface area contributed by atoms with Gasteiger partial charge in [-0.3, -0.25) is 0 Å². The molecule has 7 heteroatoms. The van der Waals surface area contributed by atoms with E-state index in [0.717, 1.165) is 54.1 Å². The van der Waals surface area contributed by atoms with E-state index in [-0.39, 0.29) is 5.82 Å². The monoisotopic (exact) mass is 442 g/mol. The zero-order chi connectivity index (χ0) is 22.6. The molecule has 1 aliphatic heterocycles. The van der Waals surface area contributed by atoms with Crippen LogP contribution in [0, 0.1) is 5.82 Å². The van der Waals surface area contributed by atoms with Crippen LogP contribution >= 0.6 is 0 Å². The molecule has 1 N–H and O–H groups in total. The van der Waals surface area contributed by atoms with Crippen molar-refractivity contribution in [3.63, 3.8) is 0 Å². The number of piperidine rings is 1. The van der Waals surface area contributed by atoms with Crippen molar-refractivity contribution >= 4 is 5.95 Å². The van der Waals surface area contributed by atoms with Gasteiger partial charge in [0, 0.05) is 24.3 Å². The topological polar surface area (TPSA) is 58.9 Å². The molecule has 1 saturated heterocycles. The minimum Gasteiger partial charge on any atom is -0.350 e. The minimum atomic E-state index is -0.260. The van der Waals surface area contributed by atoms with Crippen molar-refractivity contribution in [3.8, 4) is 22.6 Å². The zero-order valence-electron chi connectivity index (χ0n) is 18.7. The van der Waals surface area contributed by atoms with Gasteiger partial charge >= 0.3 is 0 Å². The van der Waals surface area contributed by atoms with Gasteiger partial charge in [-0.25, -0.2) is 19.3 Å². The lowest BCUT2D eigenvalue weighted by Gasteiger charge is -2.30. The summed E-state index contributed by atoms with van der Waals surface area (Å²) >= 11 is 0. The Morgan fingerprint density at radius 1 is 0.970 bits per heavy atom. The van der Waals surface area contributed by atoms with Crippen LogP contribution in [0.4, 0.5) is 10.3 Å². The zero-order valence-corrected chi connectivity index (χ0v) is 18.7. The van der Waals surface area contributed by atoms with Crippen LogP contribution in [0.1, 0.15) is 24.4 Å². The molecule has 2 aromatic heterocycles. The van der Waals surface area contributed by atoms with Gasteiger partial charge in [-0.05, 0) is 68.9 Å². The second kappa shape index (κ2) is 9.50. The number of anilines is 1. The normalized spacial score (nSPS) is 15.0. The van der Waals surface area contributed by atoms with Crippen LogP contribution in [0.15, 0.2) is 73.2 Å². The minimum absolute atomic E-state index is 0.260. The Balaban J connectivity index is 1.51. The number of nitrogens with zero attached hydrogens (tertiary/aromatic N) is 5. The Morgan fingerprint density at radius 2 is 1.73 bits per heavy atom. The number of nitrogens with one attached hydrogen (secondary N) is 1. The molecule has 0 atom stereocenters. The number of likely N-dealkylation sites (tertiary alicyclic amines) is 1. The first-order chi connectivity index (χ1) is 16.2. The molecular weight excluding hydrogens is 415 g/mol. The van der Waals surface area contributed by atoms with Crippen LogP contribution in [0.2, 0.25) is 0 Å². The van der Waals surface area contributed by atoms with Crippen molar-refractivity contribution in [2.75, 3.05) is 25.5 Å². The molecule has 168 valence electrons. The third-order valence-electron chi connectivity index (χ3n) is 6.18. The number of benzene rings is 2. The smallest absolute Gasteiger partial charge is 0.223 e. The fourth-order valence-electron chi connectivity index (χ4n) is 4.34. The second-order valence-electron chi connectivity index (χ2n) is 8.50. The van der Waals surface area contributed by atoms with Crippen LogP contribution in [0.5, 0.6) is 0 Å². The first-order valence-corrected chi connectivity index (χ1v) is 11.3. The number of hydrogen-bond acceptors (Lipinski definition) is 5. The number of aromatic nitrogens is 4. The molecule has 3 heterocycles. The van der Waals surface area contributed by atoms with Gasteiger partial charge in [0.25, 0.3) is 0 Å². The number of rotatable bonds is 6. The second-order valence-corrected chi connectivity index (χ2v) is 8.50. The summed E-state index contributed by atoms with van der Waals surface area (Å²) in [6.45, 7) is 2.73. The lowest BCUT2D eigenvalue weighted by Crippen LogP contribution is -2.31. The molecular formula is C26H27FN6. The van der Waals surface area contributed by atoms with Crippen molar-refractivity contribution < 1.29 is 4.39 Å². The molecule has 0 amide bonds. The van der Waals surface area contributed by atoms with E-state index in [1.807, 2.05) is 30.6 Å². The summed E-state index contributed by atoms with van der Waals surface area (Å²) in [6, 6.07) is 18.9. The van der Waals surface area contributed by atoms with E-state index in [4.69, 9.17) is 9.97 Å². The van der Waals surface area contributed by atoms with Gasteiger partial charge in [0.1, 0.15) is 5.82 Å². The molecule has 2 aromatic carbocycles. The highest BCUT2D eigenvalue weighted by atomic mass is 19.1. The van der Waals surface area contributed by atoms with Gasteiger partial charge in [0.2, 0.25) is 5.95 Å². The Labute approximate surface area is 193 Å². The van der Waals surface area contributed by atoms with Crippen LogP contribution in [0.3, 0.4) is 0 Å². The maximum atomic E-state index is 13.6. The van der Waals surface area contributed by atoms with E-state index in [2.05, 4.69) is 38.9 Å². The van der Waals surface area contributed by atoms with E-state index >= 15 is 0 Å².